The fourth-order valence-electron chi connectivity index (χ4n) is 6.50. The van der Waals surface area contributed by atoms with Gasteiger partial charge < -0.3 is 19.8 Å². The number of likely N-dealkylation sites (N-methyl/N-ethyl adjacent to an activating group) is 1. The van der Waals surface area contributed by atoms with E-state index in [1.807, 2.05) is 67.5 Å². The fraction of sp³-hybridized carbons (Fsp3) is 0.297. The SMILES string of the molecule is CN(C)CCn1ncn(-c2ccc(N3CCN(c4ccc(-c5ccc(C(F)(F)C(O)(Cn6cnnn6)c6ccc(F)cc6F)nc5)cc4)CC3)cc2)c1=O. The van der Waals surface area contributed by atoms with Crippen molar-refractivity contribution in [2.75, 3.05) is 56.6 Å². The van der Waals surface area contributed by atoms with Crippen LogP contribution >= 0.6 is 0 Å². The Labute approximate surface area is 307 Å². The second-order valence-corrected chi connectivity index (χ2v) is 13.3. The quantitative estimate of drug-likeness (QED) is 0.185. The lowest BCUT2D eigenvalue weighted by Crippen LogP contribution is -2.48. The van der Waals surface area contributed by atoms with Crippen LogP contribution in [0, 0.1) is 11.6 Å². The number of nitrogens with zero attached hydrogens (tertiary/aromatic N) is 11. The van der Waals surface area contributed by atoms with E-state index in [-0.39, 0.29) is 5.69 Å². The first-order valence-corrected chi connectivity index (χ1v) is 17.2. The van der Waals surface area contributed by atoms with Crippen LogP contribution < -0.4 is 15.5 Å². The summed E-state index contributed by atoms with van der Waals surface area (Å²) in [7, 11) is 3.90. The predicted molar refractivity (Wildman–Crippen MR) is 192 cm³/mol. The molecular formula is C37H37F4N11O2. The average Bonchev–Trinajstić information content (AvgIpc) is 3.83. The molecule has 4 heterocycles. The highest BCUT2D eigenvalue weighted by Gasteiger charge is 2.58. The lowest BCUT2D eigenvalue weighted by atomic mass is 9.84. The molecule has 0 bridgehead atoms. The molecule has 17 heteroatoms. The summed E-state index contributed by atoms with van der Waals surface area (Å²) in [5.41, 5.74) is -0.966. The van der Waals surface area contributed by atoms with Gasteiger partial charge >= 0.3 is 11.6 Å². The van der Waals surface area contributed by atoms with E-state index in [0.717, 1.165) is 78.0 Å². The van der Waals surface area contributed by atoms with Gasteiger partial charge in [-0.05, 0) is 84.7 Å². The van der Waals surface area contributed by atoms with Gasteiger partial charge in [-0.2, -0.15) is 13.9 Å². The number of hydrogen-bond donors (Lipinski definition) is 1. The molecule has 13 nitrogen and oxygen atoms in total. The first kappa shape index (κ1) is 36.4. The Balaban J connectivity index is 0.999. The first-order valence-electron chi connectivity index (χ1n) is 17.2. The van der Waals surface area contributed by atoms with Gasteiger partial charge in [-0.1, -0.05) is 18.2 Å². The molecule has 3 aromatic heterocycles. The van der Waals surface area contributed by atoms with E-state index in [0.29, 0.717) is 24.7 Å². The van der Waals surface area contributed by atoms with Crippen molar-refractivity contribution >= 4 is 11.4 Å². The van der Waals surface area contributed by atoms with Gasteiger partial charge in [0.2, 0.25) is 0 Å². The number of benzene rings is 3. The van der Waals surface area contributed by atoms with Crippen LogP contribution in [0.1, 0.15) is 11.3 Å². The van der Waals surface area contributed by atoms with Crippen LogP contribution in [-0.4, -0.2) is 96.4 Å². The summed E-state index contributed by atoms with van der Waals surface area (Å²) in [6.07, 6.45) is 3.80. The molecule has 1 aliphatic heterocycles. The Bertz CT molecular complexity index is 2240. The molecule has 0 spiro atoms. The number of pyridine rings is 1. The second kappa shape index (κ2) is 14.8. The van der Waals surface area contributed by atoms with Gasteiger partial charge in [-0.25, -0.2) is 27.5 Å². The molecule has 280 valence electrons. The van der Waals surface area contributed by atoms with Crippen molar-refractivity contribution in [2.24, 2.45) is 0 Å². The van der Waals surface area contributed by atoms with E-state index in [1.54, 1.807) is 10.9 Å². The van der Waals surface area contributed by atoms with Gasteiger partial charge in [-0.3, -0.25) is 4.98 Å². The summed E-state index contributed by atoms with van der Waals surface area (Å²) in [4.78, 5) is 23.3. The summed E-state index contributed by atoms with van der Waals surface area (Å²) in [5, 5.41) is 26.0. The Kier molecular flexibility index (Phi) is 10.00. The first-order chi connectivity index (χ1) is 25.9. The predicted octanol–water partition coefficient (Wildman–Crippen LogP) is 3.93. The summed E-state index contributed by atoms with van der Waals surface area (Å²) >= 11 is 0. The van der Waals surface area contributed by atoms with Crippen LogP contribution in [-0.2, 0) is 24.6 Å². The third-order valence-corrected chi connectivity index (χ3v) is 9.59. The van der Waals surface area contributed by atoms with Gasteiger partial charge in [-0.15, -0.1) is 5.10 Å². The Hall–Kier alpha value is -5.94. The standard InChI is InChI=1S/C37H37F4N11O2/c1-47(2)15-20-52-35(53)51(25-44-52)31-11-9-30(10-12-31)49-18-16-48(17-19-49)29-7-3-26(4-8-29)27-5-14-34(42-22-27)37(40,41)36(54,23-50-24-43-45-46-50)32-13-6-28(38)21-33(32)39/h3-14,21-22,24-25,54H,15-20,23H2,1-2H3. The molecular weight excluding hydrogens is 706 g/mol. The van der Waals surface area contributed by atoms with Crippen molar-refractivity contribution < 1.29 is 22.7 Å². The molecule has 3 aromatic carbocycles. The third kappa shape index (κ3) is 7.19. The fourth-order valence-corrected chi connectivity index (χ4v) is 6.50. The minimum Gasteiger partial charge on any atom is -0.377 e. The minimum absolute atomic E-state index is 0.179. The maximum Gasteiger partial charge on any atom is 0.350 e. The van der Waals surface area contributed by atoms with Crippen LogP contribution in [0.25, 0.3) is 16.8 Å². The zero-order valence-electron chi connectivity index (χ0n) is 29.5. The van der Waals surface area contributed by atoms with Crippen LogP contribution in [0.2, 0.25) is 0 Å². The van der Waals surface area contributed by atoms with Gasteiger partial charge in [0.15, 0.2) is 5.60 Å². The Morgan fingerprint density at radius 2 is 1.44 bits per heavy atom. The maximum absolute atomic E-state index is 16.2. The average molecular weight is 744 g/mol. The summed E-state index contributed by atoms with van der Waals surface area (Å²) < 4.78 is 64.7. The number of rotatable bonds is 12. The lowest BCUT2D eigenvalue weighted by Gasteiger charge is -2.37. The van der Waals surface area contributed by atoms with E-state index in [2.05, 4.69) is 35.4 Å². The van der Waals surface area contributed by atoms with Gasteiger partial charge in [0.25, 0.3) is 0 Å². The molecule has 1 saturated heterocycles. The number of halogens is 4. The van der Waals surface area contributed by atoms with E-state index in [1.165, 1.54) is 16.9 Å². The third-order valence-electron chi connectivity index (χ3n) is 9.59. The van der Waals surface area contributed by atoms with Crippen molar-refractivity contribution in [3.63, 3.8) is 0 Å². The summed E-state index contributed by atoms with van der Waals surface area (Å²) in [6.45, 7) is 3.40. The van der Waals surface area contributed by atoms with Crippen LogP contribution in [0.3, 0.4) is 0 Å². The topological polar surface area (TPSA) is 126 Å². The molecule has 0 amide bonds. The molecule has 0 aliphatic carbocycles. The van der Waals surface area contributed by atoms with Gasteiger partial charge in [0.05, 0.1) is 18.8 Å². The molecule has 0 saturated carbocycles. The van der Waals surface area contributed by atoms with Crippen molar-refractivity contribution in [1.29, 1.82) is 0 Å². The molecule has 1 N–H and O–H groups in total. The number of aliphatic hydroxyl groups is 1. The minimum atomic E-state index is -4.15. The van der Waals surface area contributed by atoms with E-state index in [9.17, 15) is 18.7 Å². The highest BCUT2D eigenvalue weighted by Crippen LogP contribution is 2.47. The van der Waals surface area contributed by atoms with Crippen molar-refractivity contribution in [2.45, 2.75) is 24.6 Å². The maximum atomic E-state index is 16.2. The molecule has 6 aromatic rings. The smallest absolute Gasteiger partial charge is 0.350 e. The molecule has 7 rings (SSSR count). The van der Waals surface area contributed by atoms with Crippen molar-refractivity contribution in [3.05, 3.63) is 131 Å². The molecule has 1 atom stereocenters. The van der Waals surface area contributed by atoms with E-state index in [4.69, 9.17) is 0 Å². The largest absolute Gasteiger partial charge is 0.377 e. The van der Waals surface area contributed by atoms with Crippen molar-refractivity contribution in [1.82, 2.24) is 44.4 Å². The molecule has 1 aliphatic rings. The Morgan fingerprint density at radius 1 is 0.815 bits per heavy atom. The zero-order chi connectivity index (χ0) is 38.0. The number of aromatic nitrogens is 8. The van der Waals surface area contributed by atoms with Crippen molar-refractivity contribution in [3.8, 4) is 16.8 Å². The van der Waals surface area contributed by atoms with E-state index < -0.39 is 41.0 Å². The van der Waals surface area contributed by atoms with Gasteiger partial charge in [0.1, 0.15) is 30.0 Å². The molecule has 0 radical (unpaired) electrons. The summed E-state index contributed by atoms with van der Waals surface area (Å²) in [6, 6.07) is 20.0. The van der Waals surface area contributed by atoms with Crippen LogP contribution in [0.4, 0.5) is 28.9 Å². The Morgan fingerprint density at radius 3 is 2.02 bits per heavy atom. The molecule has 1 fully saturated rings. The number of tetrazole rings is 1. The van der Waals surface area contributed by atoms with Crippen LogP contribution in [0.5, 0.6) is 0 Å². The lowest BCUT2D eigenvalue weighted by molar-refractivity contribution is -0.207. The van der Waals surface area contributed by atoms with Crippen LogP contribution in [0.15, 0.2) is 103 Å². The monoisotopic (exact) mass is 743 g/mol. The normalized spacial score (nSPS) is 14.8. The van der Waals surface area contributed by atoms with Gasteiger partial charge in [0, 0.05) is 67.5 Å². The highest BCUT2D eigenvalue weighted by atomic mass is 19.3. The highest BCUT2D eigenvalue weighted by molar-refractivity contribution is 5.66. The number of anilines is 2. The molecule has 1 unspecified atom stereocenters. The molecule has 54 heavy (non-hydrogen) atoms. The number of hydrogen-bond acceptors (Lipinski definition) is 10. The van der Waals surface area contributed by atoms with E-state index >= 15 is 8.78 Å². The summed E-state index contributed by atoms with van der Waals surface area (Å²) in [5.74, 6) is -6.49. The zero-order valence-corrected chi connectivity index (χ0v) is 29.5. The number of piperazine rings is 1. The number of alkyl halides is 2. The second-order valence-electron chi connectivity index (χ2n) is 13.3.